The van der Waals surface area contributed by atoms with Crippen LogP contribution in [0.1, 0.15) is 28.4 Å². The van der Waals surface area contributed by atoms with Crippen molar-refractivity contribution < 1.29 is 41.0 Å². The molecule has 0 atom stereocenters. The number of nitrogens with two attached hydrogens (primary N) is 1. The molecule has 204 valence electrons. The first-order valence-electron chi connectivity index (χ1n) is 11.0. The van der Waals surface area contributed by atoms with E-state index in [-0.39, 0.29) is 22.5 Å². The van der Waals surface area contributed by atoms with Gasteiger partial charge in [-0.2, -0.15) is 36.5 Å². The second-order valence-corrected chi connectivity index (χ2v) is 7.99. The molecule has 7 nitrogen and oxygen atoms in total. The Kier molecular flexibility index (Phi) is 8.33. The van der Waals surface area contributed by atoms with Gasteiger partial charge in [0.25, 0.3) is 5.91 Å². The topological polar surface area (TPSA) is 108 Å². The molecule has 0 saturated heterocycles. The van der Waals surface area contributed by atoms with Gasteiger partial charge in [-0.1, -0.05) is 24.3 Å². The molecule has 4 rings (SSSR count). The van der Waals surface area contributed by atoms with Crippen molar-refractivity contribution in [3.05, 3.63) is 101 Å². The van der Waals surface area contributed by atoms with Crippen molar-refractivity contribution in [1.82, 2.24) is 0 Å². The molecule has 0 unspecified atom stereocenters. The highest BCUT2D eigenvalue weighted by Crippen LogP contribution is 2.35. The lowest BCUT2D eigenvalue weighted by Gasteiger charge is -2.13. The second-order valence-electron chi connectivity index (χ2n) is 7.99. The van der Waals surface area contributed by atoms with E-state index in [1.54, 1.807) is 6.92 Å². The molecule has 1 aliphatic rings. The van der Waals surface area contributed by atoms with Gasteiger partial charge in [-0.25, -0.2) is 4.79 Å². The number of alkyl halides is 6. The molecule has 0 bridgehead atoms. The summed E-state index contributed by atoms with van der Waals surface area (Å²) in [6.45, 7) is 1.55. The average Bonchev–Trinajstić information content (AvgIpc) is 3.15. The van der Waals surface area contributed by atoms with E-state index in [0.29, 0.717) is 11.4 Å². The van der Waals surface area contributed by atoms with Crippen LogP contribution in [-0.4, -0.2) is 22.7 Å². The van der Waals surface area contributed by atoms with E-state index in [4.69, 9.17) is 10.8 Å². The van der Waals surface area contributed by atoms with Gasteiger partial charge in [0.15, 0.2) is 0 Å². The Morgan fingerprint density at radius 2 is 1.44 bits per heavy atom. The Morgan fingerprint density at radius 3 is 1.95 bits per heavy atom. The third-order valence-corrected chi connectivity index (χ3v) is 5.29. The zero-order chi connectivity index (χ0) is 29.0. The first kappa shape index (κ1) is 28.8. The number of hydrazone groups is 1. The van der Waals surface area contributed by atoms with E-state index in [9.17, 15) is 35.9 Å². The monoisotopic (exact) mass is 550 g/mol. The summed E-state index contributed by atoms with van der Waals surface area (Å²) in [5, 5.41) is 16.6. The normalized spacial score (nSPS) is 14.5. The van der Waals surface area contributed by atoms with Crippen LogP contribution >= 0.6 is 0 Å². The van der Waals surface area contributed by atoms with Crippen molar-refractivity contribution in [2.75, 3.05) is 16.1 Å². The van der Waals surface area contributed by atoms with Crippen LogP contribution in [0.3, 0.4) is 0 Å². The Labute approximate surface area is 217 Å². The smallest absolute Gasteiger partial charge is 0.418 e. The van der Waals surface area contributed by atoms with Crippen LogP contribution < -0.4 is 16.1 Å². The SMILES string of the molecule is CC1=NN(c2ccc(C(=O)O)cc2)C(=O)C1=CNc1ccccc1C(F)(F)F.Nc1ccccc1C(F)(F)F. The molecule has 0 radical (unpaired) electrons. The number of nitrogens with one attached hydrogen (secondary N) is 1. The van der Waals surface area contributed by atoms with Crippen LogP contribution in [0, 0.1) is 0 Å². The van der Waals surface area contributed by atoms with Crippen LogP contribution in [0.25, 0.3) is 0 Å². The third-order valence-electron chi connectivity index (χ3n) is 5.29. The summed E-state index contributed by atoms with van der Waals surface area (Å²) >= 11 is 0. The lowest BCUT2D eigenvalue weighted by atomic mass is 10.1. The molecule has 3 aromatic rings. The minimum atomic E-state index is -4.54. The highest BCUT2D eigenvalue weighted by Gasteiger charge is 2.34. The van der Waals surface area contributed by atoms with Gasteiger partial charge in [-0.15, -0.1) is 0 Å². The van der Waals surface area contributed by atoms with Gasteiger partial charge in [0.1, 0.15) is 0 Å². The highest BCUT2D eigenvalue weighted by molar-refractivity contribution is 6.29. The Morgan fingerprint density at radius 1 is 0.897 bits per heavy atom. The molecule has 0 spiro atoms. The fourth-order valence-electron chi connectivity index (χ4n) is 3.37. The summed E-state index contributed by atoms with van der Waals surface area (Å²) in [7, 11) is 0. The number of amides is 1. The third kappa shape index (κ3) is 6.94. The fourth-order valence-corrected chi connectivity index (χ4v) is 3.37. The summed E-state index contributed by atoms with van der Waals surface area (Å²) in [5.41, 5.74) is 3.83. The quantitative estimate of drug-likeness (QED) is 0.198. The van der Waals surface area contributed by atoms with E-state index in [1.807, 2.05) is 0 Å². The van der Waals surface area contributed by atoms with Crippen molar-refractivity contribution in [2.45, 2.75) is 19.3 Å². The number of nitrogens with zero attached hydrogens (tertiary/aromatic N) is 2. The number of aromatic carboxylic acids is 1. The van der Waals surface area contributed by atoms with Crippen molar-refractivity contribution in [2.24, 2.45) is 5.10 Å². The molecule has 1 amide bonds. The van der Waals surface area contributed by atoms with E-state index in [0.717, 1.165) is 17.1 Å². The highest BCUT2D eigenvalue weighted by atomic mass is 19.4. The number of carboxylic acids is 1. The van der Waals surface area contributed by atoms with E-state index in [1.165, 1.54) is 66.9 Å². The molecule has 39 heavy (non-hydrogen) atoms. The number of hydrogen-bond donors (Lipinski definition) is 3. The lowest BCUT2D eigenvalue weighted by molar-refractivity contribution is -0.137. The van der Waals surface area contributed by atoms with Gasteiger partial charge in [-0.05, 0) is 55.5 Å². The summed E-state index contributed by atoms with van der Waals surface area (Å²) in [5.74, 6) is -1.65. The van der Waals surface area contributed by atoms with Crippen LogP contribution in [0.5, 0.6) is 0 Å². The molecule has 0 aliphatic carbocycles. The number of benzene rings is 3. The Bertz CT molecular complexity index is 1430. The molecule has 0 fully saturated rings. The van der Waals surface area contributed by atoms with Crippen molar-refractivity contribution in [3.63, 3.8) is 0 Å². The van der Waals surface area contributed by atoms with Crippen molar-refractivity contribution >= 4 is 34.7 Å². The fraction of sp³-hybridized carbons (Fsp3) is 0.115. The Hall–Kier alpha value is -4.81. The summed E-state index contributed by atoms with van der Waals surface area (Å²) in [4.78, 5) is 23.5. The van der Waals surface area contributed by atoms with Gasteiger partial charge in [0.05, 0.1) is 39.3 Å². The van der Waals surface area contributed by atoms with Gasteiger partial charge in [-0.3, -0.25) is 4.79 Å². The maximum atomic E-state index is 13.1. The minimum Gasteiger partial charge on any atom is -0.478 e. The molecule has 3 aromatic carbocycles. The first-order chi connectivity index (χ1) is 18.2. The number of carbonyl (C=O) groups excluding carboxylic acids is 1. The van der Waals surface area contributed by atoms with E-state index >= 15 is 0 Å². The van der Waals surface area contributed by atoms with Gasteiger partial charge in [0.2, 0.25) is 0 Å². The Balaban J connectivity index is 0.000000320. The van der Waals surface area contributed by atoms with Gasteiger partial charge < -0.3 is 16.2 Å². The molecular formula is C26H20F6N4O3. The summed E-state index contributed by atoms with van der Waals surface area (Å²) in [6.07, 6.45) is -7.70. The molecule has 0 saturated carbocycles. The largest absolute Gasteiger partial charge is 0.478 e. The number of halogens is 6. The number of rotatable bonds is 4. The van der Waals surface area contributed by atoms with Crippen LogP contribution in [0.2, 0.25) is 0 Å². The van der Waals surface area contributed by atoms with E-state index in [2.05, 4.69) is 10.4 Å². The van der Waals surface area contributed by atoms with Gasteiger partial charge >= 0.3 is 18.3 Å². The van der Waals surface area contributed by atoms with E-state index < -0.39 is 35.4 Å². The maximum absolute atomic E-state index is 13.1. The van der Waals surface area contributed by atoms with Gasteiger partial charge in [0, 0.05) is 11.9 Å². The number of carbonyl (C=O) groups is 2. The standard InChI is InChI=1S/C19H14F3N3O3.C7H6F3N/c1-11-14(10-23-16-5-3-2-4-15(16)19(20,21)22)17(26)25(24-11)13-8-6-12(7-9-13)18(27)28;8-7(9,10)5-3-1-2-4-6(5)11/h2-10,23H,1H3,(H,27,28);1-4H,11H2. The molecule has 1 heterocycles. The summed E-state index contributed by atoms with van der Waals surface area (Å²) in [6, 6.07) is 15.4. The van der Waals surface area contributed by atoms with Crippen LogP contribution in [-0.2, 0) is 17.1 Å². The number of nitrogen functional groups attached to an aromatic ring is 1. The number of hydrogen-bond acceptors (Lipinski definition) is 5. The molecular weight excluding hydrogens is 530 g/mol. The first-order valence-corrected chi connectivity index (χ1v) is 11.0. The van der Waals surface area contributed by atoms with Crippen LogP contribution in [0.15, 0.2) is 89.7 Å². The zero-order valence-corrected chi connectivity index (χ0v) is 20.0. The predicted octanol–water partition coefficient (Wildman–Crippen LogP) is 6.41. The predicted molar refractivity (Wildman–Crippen MR) is 133 cm³/mol. The average molecular weight is 550 g/mol. The summed E-state index contributed by atoms with van der Waals surface area (Å²) < 4.78 is 75.1. The molecule has 1 aliphatic heterocycles. The molecule has 4 N–H and O–H groups in total. The van der Waals surface area contributed by atoms with Crippen molar-refractivity contribution in [1.29, 1.82) is 0 Å². The second kappa shape index (κ2) is 11.3. The van der Waals surface area contributed by atoms with Crippen LogP contribution in [0.4, 0.5) is 43.4 Å². The lowest BCUT2D eigenvalue weighted by Crippen LogP contribution is -2.22. The number of para-hydroxylation sites is 2. The molecule has 0 aromatic heterocycles. The minimum absolute atomic E-state index is 0.0530. The number of carboxylic acid groups (broad SMARTS) is 1. The molecule has 13 heteroatoms. The van der Waals surface area contributed by atoms with Crippen molar-refractivity contribution in [3.8, 4) is 0 Å². The maximum Gasteiger partial charge on any atom is 0.418 e. The zero-order valence-electron chi connectivity index (χ0n) is 20.0. The number of anilines is 3.